The molecule has 2 aliphatic rings. The van der Waals surface area contributed by atoms with Gasteiger partial charge >= 0.3 is 0 Å². The summed E-state index contributed by atoms with van der Waals surface area (Å²) in [6.07, 6.45) is 5.50. The minimum absolute atomic E-state index is 0.129. The fourth-order valence-electron chi connectivity index (χ4n) is 4.04. The highest BCUT2D eigenvalue weighted by molar-refractivity contribution is 7.98. The SMILES string of the molecule is O=c1c2c3c(sc2nc(SCc2ccccc2)n1C[C@@H]1CCCO1)CCC3. The Labute approximate surface area is 166 Å². The molecular weight excluding hydrogens is 376 g/mol. The average Bonchev–Trinajstić information content (AvgIpc) is 3.40. The maximum absolute atomic E-state index is 13.4. The second-order valence-electron chi connectivity index (χ2n) is 7.26. The van der Waals surface area contributed by atoms with E-state index in [2.05, 4.69) is 24.3 Å². The predicted molar refractivity (Wildman–Crippen MR) is 111 cm³/mol. The minimum atomic E-state index is 0.129. The van der Waals surface area contributed by atoms with Gasteiger partial charge < -0.3 is 4.74 Å². The maximum atomic E-state index is 13.4. The number of hydrogen-bond donors (Lipinski definition) is 0. The molecule has 140 valence electrons. The van der Waals surface area contributed by atoms with Crippen LogP contribution in [0.3, 0.4) is 0 Å². The third-order valence-electron chi connectivity index (χ3n) is 5.41. The number of rotatable bonds is 5. The first-order chi connectivity index (χ1) is 13.3. The Kier molecular flexibility index (Phi) is 4.80. The van der Waals surface area contributed by atoms with Crippen LogP contribution in [0.2, 0.25) is 0 Å². The lowest BCUT2D eigenvalue weighted by Crippen LogP contribution is -2.28. The number of aromatic nitrogens is 2. The van der Waals surface area contributed by atoms with Crippen LogP contribution in [0.4, 0.5) is 0 Å². The third-order valence-corrected chi connectivity index (χ3v) is 7.64. The summed E-state index contributed by atoms with van der Waals surface area (Å²) in [4.78, 5) is 20.7. The monoisotopic (exact) mass is 398 g/mol. The molecule has 2 aromatic heterocycles. The van der Waals surface area contributed by atoms with Crippen LogP contribution in [0, 0.1) is 0 Å². The van der Waals surface area contributed by atoms with Crippen LogP contribution < -0.4 is 5.56 Å². The predicted octanol–water partition coefficient (Wildman–Crippen LogP) is 4.42. The zero-order valence-electron chi connectivity index (χ0n) is 15.1. The molecule has 0 radical (unpaired) electrons. The zero-order chi connectivity index (χ0) is 18.2. The molecule has 4 nitrogen and oxygen atoms in total. The van der Waals surface area contributed by atoms with Gasteiger partial charge in [0.2, 0.25) is 0 Å². The van der Waals surface area contributed by atoms with Crippen LogP contribution in [0.25, 0.3) is 10.2 Å². The minimum Gasteiger partial charge on any atom is -0.376 e. The maximum Gasteiger partial charge on any atom is 0.263 e. The van der Waals surface area contributed by atoms with Gasteiger partial charge in [0.1, 0.15) is 4.83 Å². The van der Waals surface area contributed by atoms with Gasteiger partial charge in [-0.1, -0.05) is 42.1 Å². The number of fused-ring (bicyclic) bond motifs is 3. The van der Waals surface area contributed by atoms with Crippen molar-refractivity contribution in [2.45, 2.75) is 55.7 Å². The molecule has 27 heavy (non-hydrogen) atoms. The molecule has 6 heteroatoms. The standard InChI is InChI=1S/C21H22N2O2S2/c24-20-18-16-9-4-10-17(16)27-19(18)22-21(23(20)12-15-8-5-11-25-15)26-13-14-6-2-1-3-7-14/h1-3,6-7,15H,4-5,8-13H2/t15-/m0/s1. The van der Waals surface area contributed by atoms with E-state index in [0.717, 1.165) is 59.8 Å². The highest BCUT2D eigenvalue weighted by atomic mass is 32.2. The molecular formula is C21H22N2O2S2. The highest BCUT2D eigenvalue weighted by Gasteiger charge is 2.25. The van der Waals surface area contributed by atoms with Gasteiger partial charge in [0.15, 0.2) is 5.16 Å². The molecule has 0 N–H and O–H groups in total. The van der Waals surface area contributed by atoms with E-state index in [4.69, 9.17) is 9.72 Å². The Morgan fingerprint density at radius 1 is 1.22 bits per heavy atom. The van der Waals surface area contributed by atoms with Crippen molar-refractivity contribution in [2.75, 3.05) is 6.61 Å². The summed E-state index contributed by atoms with van der Waals surface area (Å²) in [5.41, 5.74) is 2.63. The van der Waals surface area contributed by atoms with Crippen molar-refractivity contribution in [1.29, 1.82) is 0 Å². The van der Waals surface area contributed by atoms with Crippen molar-refractivity contribution < 1.29 is 4.74 Å². The lowest BCUT2D eigenvalue weighted by Gasteiger charge is -2.16. The van der Waals surface area contributed by atoms with E-state index >= 15 is 0 Å². The summed E-state index contributed by atoms with van der Waals surface area (Å²) in [6, 6.07) is 10.4. The van der Waals surface area contributed by atoms with E-state index < -0.39 is 0 Å². The Hall–Kier alpha value is -1.63. The quantitative estimate of drug-likeness (QED) is 0.471. The molecule has 0 unspecified atom stereocenters. The largest absolute Gasteiger partial charge is 0.376 e. The molecule has 1 fully saturated rings. The Bertz CT molecular complexity index is 1020. The summed E-state index contributed by atoms with van der Waals surface area (Å²) < 4.78 is 7.71. The lowest BCUT2D eigenvalue weighted by atomic mass is 10.2. The van der Waals surface area contributed by atoms with E-state index in [0.29, 0.717) is 6.54 Å². The summed E-state index contributed by atoms with van der Waals surface area (Å²) in [5, 5.41) is 1.70. The second-order valence-corrected chi connectivity index (χ2v) is 9.28. The first-order valence-corrected chi connectivity index (χ1v) is 11.4. The Morgan fingerprint density at radius 2 is 2.11 bits per heavy atom. The van der Waals surface area contributed by atoms with Crippen LogP contribution in [-0.4, -0.2) is 22.3 Å². The number of thiophene rings is 1. The number of benzene rings is 1. The van der Waals surface area contributed by atoms with Gasteiger partial charge in [0, 0.05) is 17.2 Å². The fourth-order valence-corrected chi connectivity index (χ4v) is 6.31. The van der Waals surface area contributed by atoms with Crippen LogP contribution in [0.1, 0.15) is 35.3 Å². The zero-order valence-corrected chi connectivity index (χ0v) is 16.8. The normalized spacial score (nSPS) is 19.0. The van der Waals surface area contributed by atoms with Gasteiger partial charge in [-0.3, -0.25) is 9.36 Å². The molecule has 5 rings (SSSR count). The topological polar surface area (TPSA) is 44.1 Å². The summed E-state index contributed by atoms with van der Waals surface area (Å²) in [6.45, 7) is 1.42. The molecule has 0 saturated carbocycles. The summed E-state index contributed by atoms with van der Waals surface area (Å²) in [7, 11) is 0. The van der Waals surface area contributed by atoms with Crippen LogP contribution in [0.5, 0.6) is 0 Å². The number of aryl methyl sites for hydroxylation is 2. The average molecular weight is 399 g/mol. The van der Waals surface area contributed by atoms with Gasteiger partial charge in [-0.05, 0) is 43.2 Å². The van der Waals surface area contributed by atoms with Gasteiger partial charge in [0.05, 0.1) is 18.0 Å². The first kappa shape index (κ1) is 17.5. The Morgan fingerprint density at radius 3 is 2.93 bits per heavy atom. The molecule has 1 saturated heterocycles. The van der Waals surface area contributed by atoms with E-state index in [1.807, 2.05) is 10.6 Å². The molecule has 0 spiro atoms. The summed E-state index contributed by atoms with van der Waals surface area (Å²) >= 11 is 3.38. The van der Waals surface area contributed by atoms with Crippen molar-refractivity contribution >= 4 is 33.3 Å². The third kappa shape index (κ3) is 3.35. The van der Waals surface area contributed by atoms with Crippen molar-refractivity contribution in [3.63, 3.8) is 0 Å². The molecule has 1 aromatic carbocycles. The number of ether oxygens (including phenoxy) is 1. The molecule has 0 bridgehead atoms. The van der Waals surface area contributed by atoms with Crippen LogP contribution >= 0.6 is 23.1 Å². The molecule has 3 aromatic rings. The van der Waals surface area contributed by atoms with Crippen LogP contribution in [-0.2, 0) is 29.9 Å². The lowest BCUT2D eigenvalue weighted by molar-refractivity contribution is 0.0937. The number of nitrogens with zero attached hydrogens (tertiary/aromatic N) is 2. The van der Waals surface area contributed by atoms with Crippen molar-refractivity contribution in [3.8, 4) is 0 Å². The van der Waals surface area contributed by atoms with Crippen molar-refractivity contribution in [1.82, 2.24) is 9.55 Å². The van der Waals surface area contributed by atoms with Gasteiger partial charge in [-0.25, -0.2) is 4.98 Å². The molecule has 3 heterocycles. The van der Waals surface area contributed by atoms with E-state index in [1.165, 1.54) is 16.0 Å². The summed E-state index contributed by atoms with van der Waals surface area (Å²) in [5.74, 6) is 0.815. The highest BCUT2D eigenvalue weighted by Crippen LogP contribution is 2.36. The first-order valence-electron chi connectivity index (χ1n) is 9.63. The molecule has 1 aliphatic heterocycles. The van der Waals surface area contributed by atoms with Gasteiger partial charge in [-0.15, -0.1) is 11.3 Å². The smallest absolute Gasteiger partial charge is 0.263 e. The second kappa shape index (κ2) is 7.41. The van der Waals surface area contributed by atoms with Crippen LogP contribution in [0.15, 0.2) is 40.3 Å². The molecule has 1 atom stereocenters. The van der Waals surface area contributed by atoms with Crippen molar-refractivity contribution in [2.24, 2.45) is 0 Å². The molecule has 0 amide bonds. The Balaban J connectivity index is 1.55. The van der Waals surface area contributed by atoms with E-state index in [1.54, 1.807) is 23.1 Å². The van der Waals surface area contributed by atoms with E-state index in [-0.39, 0.29) is 11.7 Å². The van der Waals surface area contributed by atoms with Crippen molar-refractivity contribution in [3.05, 3.63) is 56.7 Å². The molecule has 1 aliphatic carbocycles. The van der Waals surface area contributed by atoms with E-state index in [9.17, 15) is 4.79 Å². The van der Waals surface area contributed by atoms with Gasteiger partial charge in [0.25, 0.3) is 5.56 Å². The number of hydrogen-bond acceptors (Lipinski definition) is 5. The fraction of sp³-hybridized carbons (Fsp3) is 0.429. The van der Waals surface area contributed by atoms with Gasteiger partial charge in [-0.2, -0.15) is 0 Å². The number of thioether (sulfide) groups is 1.